The number of rotatable bonds is 47. The maximum atomic E-state index is 12.8. The Labute approximate surface area is 394 Å². The van der Waals surface area contributed by atoms with Gasteiger partial charge in [0.25, 0.3) is 0 Å². The largest absolute Gasteiger partial charge is 0.544 e. The number of hydrogen-bond acceptors (Lipinski definition) is 7. The molecule has 0 aliphatic rings. The van der Waals surface area contributed by atoms with E-state index in [1.807, 2.05) is 0 Å². The summed E-state index contributed by atoms with van der Waals surface area (Å²) >= 11 is 0. The van der Waals surface area contributed by atoms with Gasteiger partial charge in [-0.3, -0.25) is 9.59 Å². The standard InChI is InChI=1S/C56H99NO7/c1-6-8-10-12-14-16-18-20-22-24-25-26-27-28-29-31-32-34-36-38-40-42-44-46-54(58)63-51-52(50-62-49-48-53(56(60)61)57(3,4)5)64-55(59)47-45-43-41-39-37-35-33-30-23-21-19-17-15-13-11-9-7-2/h9,11,15,17,21,23-25,33,35,52-53H,6-8,10,12-14,16,18-20,22,26-32,34,36-51H2,1-5H3/b11-9-,17-15-,23-21-,25-24-,35-33-. The van der Waals surface area contributed by atoms with Crippen LogP contribution in [0.2, 0.25) is 0 Å². The Bertz CT molecular complexity index is 1230. The third kappa shape index (κ3) is 44.2. The van der Waals surface area contributed by atoms with Gasteiger partial charge in [0.15, 0.2) is 6.10 Å². The maximum Gasteiger partial charge on any atom is 0.306 e. The van der Waals surface area contributed by atoms with E-state index in [1.54, 1.807) is 21.1 Å². The molecule has 2 atom stereocenters. The number of ether oxygens (including phenoxy) is 3. The summed E-state index contributed by atoms with van der Waals surface area (Å²) in [5.41, 5.74) is 0. The van der Waals surface area contributed by atoms with Crippen LogP contribution in [0.25, 0.3) is 0 Å². The fourth-order valence-electron chi connectivity index (χ4n) is 7.59. The van der Waals surface area contributed by atoms with E-state index in [9.17, 15) is 19.5 Å². The van der Waals surface area contributed by atoms with Gasteiger partial charge in [0.1, 0.15) is 12.6 Å². The first-order valence-corrected chi connectivity index (χ1v) is 26.3. The number of hydrogen-bond donors (Lipinski definition) is 0. The van der Waals surface area contributed by atoms with Crippen molar-refractivity contribution >= 4 is 17.9 Å². The Balaban J connectivity index is 4.23. The number of nitrogens with zero attached hydrogens (tertiary/aromatic N) is 1. The molecule has 0 spiro atoms. The van der Waals surface area contributed by atoms with Gasteiger partial charge < -0.3 is 28.6 Å². The molecular weight excluding hydrogens is 799 g/mol. The number of esters is 2. The molecule has 0 radical (unpaired) electrons. The molecule has 0 N–H and O–H groups in total. The SMILES string of the molecule is CC/C=C\C/C=C\C/C=C\C/C=C\CCCCCCC(=O)OC(COCCC(C(=O)[O-])[N+](C)(C)C)COC(=O)CCCCCCCCCCCCC/C=C\CCCCCCCCCC. The van der Waals surface area contributed by atoms with E-state index < -0.39 is 18.1 Å². The van der Waals surface area contributed by atoms with Crippen LogP contribution < -0.4 is 5.11 Å². The molecule has 64 heavy (non-hydrogen) atoms. The van der Waals surface area contributed by atoms with Gasteiger partial charge >= 0.3 is 11.9 Å². The summed E-state index contributed by atoms with van der Waals surface area (Å²) in [6.45, 7) is 4.54. The Hall–Kier alpha value is -2.97. The average Bonchev–Trinajstić information content (AvgIpc) is 3.26. The molecule has 0 heterocycles. The van der Waals surface area contributed by atoms with Gasteiger partial charge in [-0.2, -0.15) is 0 Å². The minimum Gasteiger partial charge on any atom is -0.544 e. The van der Waals surface area contributed by atoms with E-state index in [2.05, 4.69) is 74.6 Å². The zero-order valence-electron chi connectivity index (χ0n) is 42.2. The van der Waals surface area contributed by atoms with Crippen LogP contribution in [0.15, 0.2) is 60.8 Å². The van der Waals surface area contributed by atoms with Crippen LogP contribution in [0.5, 0.6) is 0 Å². The molecule has 0 bridgehead atoms. The van der Waals surface area contributed by atoms with E-state index in [0.717, 1.165) is 77.0 Å². The zero-order valence-corrected chi connectivity index (χ0v) is 42.2. The number of aliphatic carboxylic acids is 1. The predicted molar refractivity (Wildman–Crippen MR) is 268 cm³/mol. The third-order valence-corrected chi connectivity index (χ3v) is 11.6. The molecular formula is C56H99NO7. The lowest BCUT2D eigenvalue weighted by molar-refractivity contribution is -0.889. The average molecular weight is 898 g/mol. The van der Waals surface area contributed by atoms with Crippen molar-refractivity contribution in [3.8, 4) is 0 Å². The molecule has 0 aliphatic heterocycles. The van der Waals surface area contributed by atoms with Crippen LogP contribution in [-0.4, -0.2) is 75.5 Å². The summed E-state index contributed by atoms with van der Waals surface area (Å²) in [4.78, 5) is 37.0. The van der Waals surface area contributed by atoms with Gasteiger partial charge in [-0.1, -0.05) is 190 Å². The lowest BCUT2D eigenvalue weighted by Gasteiger charge is -2.34. The van der Waals surface area contributed by atoms with Crippen molar-refractivity contribution in [2.24, 2.45) is 0 Å². The third-order valence-electron chi connectivity index (χ3n) is 11.6. The van der Waals surface area contributed by atoms with Gasteiger partial charge in [0.2, 0.25) is 0 Å². The number of likely N-dealkylation sites (N-methyl/N-ethyl adjacent to an activating group) is 1. The minimum atomic E-state index is -1.13. The summed E-state index contributed by atoms with van der Waals surface area (Å²) in [6.07, 6.45) is 58.3. The van der Waals surface area contributed by atoms with E-state index in [0.29, 0.717) is 12.8 Å². The van der Waals surface area contributed by atoms with Gasteiger partial charge in [0, 0.05) is 19.3 Å². The van der Waals surface area contributed by atoms with Crippen LogP contribution in [0.3, 0.4) is 0 Å². The van der Waals surface area contributed by atoms with E-state index in [4.69, 9.17) is 14.2 Å². The number of unbranched alkanes of at least 4 members (excludes halogenated alkanes) is 23. The Morgan fingerprint density at radius 2 is 0.875 bits per heavy atom. The second-order valence-corrected chi connectivity index (χ2v) is 18.7. The molecule has 2 unspecified atom stereocenters. The second kappa shape index (κ2) is 46.6. The van der Waals surface area contributed by atoms with E-state index in [-0.39, 0.29) is 42.7 Å². The van der Waals surface area contributed by atoms with Crippen molar-refractivity contribution in [3.05, 3.63) is 60.8 Å². The molecule has 0 rings (SSSR count). The smallest absolute Gasteiger partial charge is 0.306 e. The highest BCUT2D eigenvalue weighted by atomic mass is 16.6. The predicted octanol–water partition coefficient (Wildman–Crippen LogP) is 14.0. The lowest BCUT2D eigenvalue weighted by atomic mass is 10.0. The van der Waals surface area contributed by atoms with Gasteiger partial charge in [0.05, 0.1) is 40.3 Å². The highest BCUT2D eigenvalue weighted by molar-refractivity contribution is 5.70. The minimum absolute atomic E-state index is 0.0293. The normalized spacial score (nSPS) is 13.3. The zero-order chi connectivity index (χ0) is 47.0. The highest BCUT2D eigenvalue weighted by Crippen LogP contribution is 2.15. The number of carbonyl (C=O) groups is 3. The van der Waals surface area contributed by atoms with Crippen molar-refractivity contribution in [2.45, 2.75) is 238 Å². The summed E-state index contributed by atoms with van der Waals surface area (Å²) < 4.78 is 17.2. The summed E-state index contributed by atoms with van der Waals surface area (Å²) in [5, 5.41) is 11.7. The first-order valence-electron chi connectivity index (χ1n) is 26.3. The Morgan fingerprint density at radius 3 is 1.31 bits per heavy atom. The number of carboxylic acids is 1. The van der Waals surface area contributed by atoms with Crippen LogP contribution in [0.4, 0.5) is 0 Å². The van der Waals surface area contributed by atoms with Crippen LogP contribution in [0, 0.1) is 0 Å². The van der Waals surface area contributed by atoms with Gasteiger partial charge in [-0.25, -0.2) is 0 Å². The number of quaternary nitrogens is 1. The van der Waals surface area contributed by atoms with E-state index in [1.165, 1.54) is 116 Å². The van der Waals surface area contributed by atoms with Crippen molar-refractivity contribution in [1.29, 1.82) is 0 Å². The Kier molecular flexibility index (Phi) is 44.4. The topological polar surface area (TPSA) is 102 Å². The highest BCUT2D eigenvalue weighted by Gasteiger charge is 2.25. The van der Waals surface area contributed by atoms with Crippen molar-refractivity contribution < 1.29 is 38.2 Å². The van der Waals surface area contributed by atoms with E-state index >= 15 is 0 Å². The molecule has 0 fully saturated rings. The molecule has 0 aromatic heterocycles. The quantitative estimate of drug-likeness (QED) is 0.0259. The fourth-order valence-corrected chi connectivity index (χ4v) is 7.59. The lowest BCUT2D eigenvalue weighted by Crippen LogP contribution is -2.55. The summed E-state index contributed by atoms with van der Waals surface area (Å²) in [7, 11) is 5.41. The monoisotopic (exact) mass is 898 g/mol. The van der Waals surface area contributed by atoms with Crippen LogP contribution in [-0.2, 0) is 28.6 Å². The summed E-state index contributed by atoms with van der Waals surface area (Å²) in [6, 6.07) is -0.733. The number of carbonyl (C=O) groups excluding carboxylic acids is 3. The number of allylic oxidation sites excluding steroid dienone is 10. The second-order valence-electron chi connectivity index (χ2n) is 18.7. The maximum absolute atomic E-state index is 12.8. The molecule has 0 saturated heterocycles. The fraction of sp³-hybridized carbons (Fsp3) is 0.768. The van der Waals surface area contributed by atoms with Crippen molar-refractivity contribution in [2.75, 3.05) is 41.0 Å². The molecule has 0 aliphatic carbocycles. The van der Waals surface area contributed by atoms with Crippen molar-refractivity contribution in [3.63, 3.8) is 0 Å². The molecule has 0 amide bonds. The molecule has 8 heteroatoms. The Morgan fingerprint density at radius 1 is 0.484 bits per heavy atom. The molecule has 0 aromatic rings. The van der Waals surface area contributed by atoms with Crippen LogP contribution >= 0.6 is 0 Å². The molecule has 0 saturated carbocycles. The number of carboxylic acid groups (broad SMARTS) is 1. The van der Waals surface area contributed by atoms with Crippen molar-refractivity contribution in [1.82, 2.24) is 0 Å². The van der Waals surface area contributed by atoms with Gasteiger partial charge in [-0.15, -0.1) is 0 Å². The first kappa shape index (κ1) is 61.0. The van der Waals surface area contributed by atoms with Gasteiger partial charge in [-0.05, 0) is 77.0 Å². The summed E-state index contributed by atoms with van der Waals surface area (Å²) in [5.74, 6) is -1.76. The molecule has 370 valence electrons. The first-order chi connectivity index (χ1) is 31.1. The molecule has 0 aromatic carbocycles. The van der Waals surface area contributed by atoms with Crippen LogP contribution in [0.1, 0.15) is 226 Å². The molecule has 8 nitrogen and oxygen atoms in total.